The Labute approximate surface area is 152 Å². The second kappa shape index (κ2) is 6.39. The fraction of sp³-hybridized carbons (Fsp3) is 0.211. The smallest absolute Gasteiger partial charge is 0.341 e. The molecule has 3 aromatic rings. The van der Waals surface area contributed by atoms with Gasteiger partial charge in [-0.15, -0.1) is 0 Å². The van der Waals surface area contributed by atoms with Gasteiger partial charge in [0.15, 0.2) is 17.3 Å². The molecule has 1 aliphatic rings. The SMILES string of the molecule is O=C(O)c1cn(-c2ccc(O)cc2)c2nc(N3CCCC3)c(F)cc2c1=O. The van der Waals surface area contributed by atoms with Crippen LogP contribution >= 0.6 is 0 Å². The van der Waals surface area contributed by atoms with Crippen molar-refractivity contribution in [3.8, 4) is 11.4 Å². The molecule has 1 fully saturated rings. The molecule has 0 aliphatic carbocycles. The lowest BCUT2D eigenvalue weighted by atomic mass is 10.1. The van der Waals surface area contributed by atoms with E-state index in [0.29, 0.717) is 18.8 Å². The summed E-state index contributed by atoms with van der Waals surface area (Å²) in [6.45, 7) is 1.35. The lowest BCUT2D eigenvalue weighted by Crippen LogP contribution is -2.23. The zero-order chi connectivity index (χ0) is 19.1. The minimum atomic E-state index is -1.40. The molecule has 1 aromatic carbocycles. The van der Waals surface area contributed by atoms with E-state index >= 15 is 0 Å². The van der Waals surface area contributed by atoms with Gasteiger partial charge in [-0.25, -0.2) is 14.2 Å². The summed E-state index contributed by atoms with van der Waals surface area (Å²) in [5, 5.41) is 18.8. The molecule has 3 heterocycles. The molecule has 1 aliphatic heterocycles. The Kier molecular flexibility index (Phi) is 4.02. The number of carboxylic acid groups (broad SMARTS) is 1. The highest BCUT2D eigenvalue weighted by atomic mass is 19.1. The summed E-state index contributed by atoms with van der Waals surface area (Å²) >= 11 is 0. The van der Waals surface area contributed by atoms with E-state index in [1.807, 2.05) is 4.90 Å². The molecule has 8 heteroatoms. The van der Waals surface area contributed by atoms with Gasteiger partial charge in [0.2, 0.25) is 5.43 Å². The Morgan fingerprint density at radius 2 is 1.81 bits per heavy atom. The first-order valence-corrected chi connectivity index (χ1v) is 8.49. The summed E-state index contributed by atoms with van der Waals surface area (Å²) in [4.78, 5) is 30.2. The maximum atomic E-state index is 14.6. The molecule has 138 valence electrons. The van der Waals surface area contributed by atoms with Crippen molar-refractivity contribution in [3.05, 3.63) is 58.1 Å². The highest BCUT2D eigenvalue weighted by Crippen LogP contribution is 2.26. The summed E-state index contributed by atoms with van der Waals surface area (Å²) < 4.78 is 16.1. The summed E-state index contributed by atoms with van der Waals surface area (Å²) in [6, 6.07) is 7.05. The fourth-order valence-corrected chi connectivity index (χ4v) is 3.33. The van der Waals surface area contributed by atoms with E-state index in [9.17, 15) is 24.2 Å². The number of phenols is 1. The number of halogens is 1. The molecule has 4 rings (SSSR count). The Balaban J connectivity index is 2.05. The van der Waals surface area contributed by atoms with Gasteiger partial charge < -0.3 is 19.7 Å². The largest absolute Gasteiger partial charge is 0.508 e. The summed E-state index contributed by atoms with van der Waals surface area (Å²) in [5.41, 5.74) is -0.608. The van der Waals surface area contributed by atoms with E-state index in [0.717, 1.165) is 18.9 Å². The number of phenolic OH excluding ortho intramolecular Hbond substituents is 1. The van der Waals surface area contributed by atoms with Crippen molar-refractivity contribution in [2.45, 2.75) is 12.8 Å². The first-order chi connectivity index (χ1) is 13.0. The molecule has 2 N–H and O–H groups in total. The molecule has 1 saturated heterocycles. The van der Waals surface area contributed by atoms with Crippen LogP contribution in [0.2, 0.25) is 0 Å². The molecule has 7 nitrogen and oxygen atoms in total. The van der Waals surface area contributed by atoms with Crippen molar-refractivity contribution in [2.75, 3.05) is 18.0 Å². The third-order valence-electron chi connectivity index (χ3n) is 4.68. The number of carboxylic acids is 1. The third-order valence-corrected chi connectivity index (χ3v) is 4.68. The molecule has 27 heavy (non-hydrogen) atoms. The second-order valence-electron chi connectivity index (χ2n) is 6.42. The third kappa shape index (κ3) is 2.88. The average Bonchev–Trinajstić information content (AvgIpc) is 3.17. The van der Waals surface area contributed by atoms with Gasteiger partial charge >= 0.3 is 5.97 Å². The van der Waals surface area contributed by atoms with Gasteiger partial charge in [-0.2, -0.15) is 0 Å². The normalized spacial score (nSPS) is 14.0. The molecule has 0 bridgehead atoms. The molecule has 0 saturated carbocycles. The van der Waals surface area contributed by atoms with Gasteiger partial charge in [-0.05, 0) is 43.2 Å². The Morgan fingerprint density at radius 3 is 2.44 bits per heavy atom. The van der Waals surface area contributed by atoms with Crippen LogP contribution in [0, 0.1) is 5.82 Å². The van der Waals surface area contributed by atoms with Crippen LogP contribution in [-0.2, 0) is 0 Å². The number of benzene rings is 1. The minimum absolute atomic E-state index is 0.0410. The molecule has 0 atom stereocenters. The zero-order valence-electron chi connectivity index (χ0n) is 14.2. The van der Waals surface area contributed by atoms with Crippen LogP contribution < -0.4 is 10.3 Å². The highest BCUT2D eigenvalue weighted by molar-refractivity contribution is 5.92. The van der Waals surface area contributed by atoms with Crippen molar-refractivity contribution < 1.29 is 19.4 Å². The zero-order valence-corrected chi connectivity index (χ0v) is 14.2. The summed E-state index contributed by atoms with van der Waals surface area (Å²) in [7, 11) is 0. The van der Waals surface area contributed by atoms with Crippen LogP contribution in [0.1, 0.15) is 23.2 Å². The molecule has 2 aromatic heterocycles. The van der Waals surface area contributed by atoms with Crippen LogP contribution in [0.15, 0.2) is 41.3 Å². The van der Waals surface area contributed by atoms with Gasteiger partial charge in [0, 0.05) is 25.0 Å². The van der Waals surface area contributed by atoms with Crippen LogP contribution in [0.3, 0.4) is 0 Å². The topological polar surface area (TPSA) is 95.7 Å². The summed E-state index contributed by atoms with van der Waals surface area (Å²) in [6.07, 6.45) is 3.04. The number of carbonyl (C=O) groups is 1. The summed E-state index contributed by atoms with van der Waals surface area (Å²) in [5.74, 6) is -1.87. The molecule has 0 radical (unpaired) electrons. The molecular formula is C19H16FN3O4. The van der Waals surface area contributed by atoms with Crippen molar-refractivity contribution in [1.29, 1.82) is 0 Å². The van der Waals surface area contributed by atoms with E-state index < -0.39 is 22.8 Å². The predicted molar refractivity (Wildman–Crippen MR) is 97.4 cm³/mol. The Bertz CT molecular complexity index is 1100. The van der Waals surface area contributed by atoms with Crippen molar-refractivity contribution in [3.63, 3.8) is 0 Å². The average molecular weight is 369 g/mol. The molecular weight excluding hydrogens is 353 g/mol. The van der Waals surface area contributed by atoms with E-state index in [4.69, 9.17) is 0 Å². The van der Waals surface area contributed by atoms with Crippen molar-refractivity contribution in [2.24, 2.45) is 0 Å². The maximum absolute atomic E-state index is 14.6. The fourth-order valence-electron chi connectivity index (χ4n) is 3.33. The van der Waals surface area contributed by atoms with Gasteiger partial charge in [-0.1, -0.05) is 0 Å². The number of hydrogen-bond donors (Lipinski definition) is 2. The van der Waals surface area contributed by atoms with Gasteiger partial charge in [-0.3, -0.25) is 4.79 Å². The second-order valence-corrected chi connectivity index (χ2v) is 6.42. The lowest BCUT2D eigenvalue weighted by molar-refractivity contribution is 0.0695. The van der Waals surface area contributed by atoms with Crippen LogP contribution in [0.4, 0.5) is 10.2 Å². The number of pyridine rings is 2. The van der Waals surface area contributed by atoms with Gasteiger partial charge in [0.25, 0.3) is 0 Å². The quantitative estimate of drug-likeness (QED) is 0.737. The number of anilines is 1. The number of aromatic nitrogens is 2. The first-order valence-electron chi connectivity index (χ1n) is 8.49. The standard InChI is InChI=1S/C19H16FN3O4/c20-15-9-13-16(25)14(19(26)27)10-23(11-3-5-12(24)6-4-11)17(13)21-18(15)22-7-1-2-8-22/h3-6,9-10,24H,1-2,7-8H2,(H,26,27). The predicted octanol–water partition coefficient (Wildman–Crippen LogP) is 2.53. The van der Waals surface area contributed by atoms with Crippen molar-refractivity contribution >= 4 is 22.8 Å². The molecule has 0 unspecified atom stereocenters. The van der Waals surface area contributed by atoms with Crippen molar-refractivity contribution in [1.82, 2.24) is 9.55 Å². The number of fused-ring (bicyclic) bond motifs is 1. The highest BCUT2D eigenvalue weighted by Gasteiger charge is 2.22. The maximum Gasteiger partial charge on any atom is 0.341 e. The number of aromatic hydroxyl groups is 1. The number of aromatic carboxylic acids is 1. The van der Waals surface area contributed by atoms with Crippen LogP contribution in [0.5, 0.6) is 5.75 Å². The monoisotopic (exact) mass is 369 g/mol. The molecule has 0 spiro atoms. The Morgan fingerprint density at radius 1 is 1.15 bits per heavy atom. The molecule has 0 amide bonds. The number of nitrogens with zero attached hydrogens (tertiary/aromatic N) is 3. The number of hydrogen-bond acceptors (Lipinski definition) is 5. The first kappa shape index (κ1) is 17.0. The van der Waals surface area contributed by atoms with E-state index in [1.54, 1.807) is 12.1 Å². The lowest BCUT2D eigenvalue weighted by Gasteiger charge is -2.19. The number of rotatable bonds is 3. The van der Waals surface area contributed by atoms with Gasteiger partial charge in [0.1, 0.15) is 11.3 Å². The van der Waals surface area contributed by atoms with Crippen LogP contribution in [0.25, 0.3) is 16.7 Å². The van der Waals surface area contributed by atoms with E-state index in [2.05, 4.69) is 4.98 Å². The van der Waals surface area contributed by atoms with Gasteiger partial charge in [0.05, 0.1) is 5.39 Å². The van der Waals surface area contributed by atoms with E-state index in [-0.39, 0.29) is 22.6 Å². The minimum Gasteiger partial charge on any atom is -0.508 e. The van der Waals surface area contributed by atoms with Crippen LogP contribution in [-0.4, -0.2) is 38.8 Å². The van der Waals surface area contributed by atoms with E-state index in [1.165, 1.54) is 22.9 Å². The Hall–Kier alpha value is -3.42.